The van der Waals surface area contributed by atoms with Crippen molar-refractivity contribution in [3.8, 4) is 0 Å². The molecule has 2 rings (SSSR count). The number of hydrogen-bond acceptors (Lipinski definition) is 0. The number of benzene rings is 2. The van der Waals surface area contributed by atoms with Crippen molar-refractivity contribution in [3.05, 3.63) is 91.0 Å². The average molecular weight is 321 g/mol. The Balaban J connectivity index is 1.88. The molecule has 0 bridgehead atoms. The molecule has 120 valence electrons. The van der Waals surface area contributed by atoms with E-state index >= 15 is 0 Å². The van der Waals surface area contributed by atoms with Crippen molar-refractivity contribution in [1.82, 2.24) is 0 Å². The molecule has 1 heteroatoms. The summed E-state index contributed by atoms with van der Waals surface area (Å²) in [6.45, 7) is 9.03. The zero-order valence-electron chi connectivity index (χ0n) is 14.4. The Morgan fingerprint density at radius 3 is 2.13 bits per heavy atom. The van der Waals surface area contributed by atoms with Crippen molar-refractivity contribution >= 4 is 13.3 Å². The lowest BCUT2D eigenvalue weighted by atomic mass is 10.1. The highest BCUT2D eigenvalue weighted by Crippen LogP contribution is 2.28. The molecule has 1 atom stereocenters. The van der Waals surface area contributed by atoms with E-state index in [-0.39, 0.29) is 0 Å². The van der Waals surface area contributed by atoms with Gasteiger partial charge in [-0.05, 0) is 30.4 Å². The third-order valence-electron chi connectivity index (χ3n) is 4.74. The standard InChI is InChI=1S/C22H28Si/c1-4-21(23(2,3)22-18-12-7-13-19-22)17-11-6-10-16-20-14-8-5-9-15-20/h4-10,12-15,18-19,21H,1,11,16-17H2,2-3H3/b10-6-. The normalized spacial score (nSPS) is 13.1. The van der Waals surface area contributed by atoms with Crippen LogP contribution in [0.2, 0.25) is 18.6 Å². The lowest BCUT2D eigenvalue weighted by molar-refractivity contribution is 0.840. The molecule has 0 aliphatic heterocycles. The zero-order chi connectivity index (χ0) is 16.5. The van der Waals surface area contributed by atoms with Gasteiger partial charge in [0, 0.05) is 0 Å². The second-order valence-corrected chi connectivity index (χ2v) is 11.4. The van der Waals surface area contributed by atoms with Gasteiger partial charge in [-0.1, -0.05) is 97.2 Å². The van der Waals surface area contributed by atoms with Crippen molar-refractivity contribution in [2.24, 2.45) is 0 Å². The molecule has 23 heavy (non-hydrogen) atoms. The minimum Gasteiger partial charge on any atom is -0.103 e. The molecule has 0 N–H and O–H groups in total. The first-order valence-corrected chi connectivity index (χ1v) is 11.6. The Bertz CT molecular complexity index is 611. The topological polar surface area (TPSA) is 0 Å². The molecule has 0 saturated carbocycles. The largest absolute Gasteiger partial charge is 0.103 e. The first kappa shape index (κ1) is 17.5. The summed E-state index contributed by atoms with van der Waals surface area (Å²) in [7, 11) is -1.48. The van der Waals surface area contributed by atoms with Crippen molar-refractivity contribution in [2.75, 3.05) is 0 Å². The van der Waals surface area contributed by atoms with Gasteiger partial charge in [-0.2, -0.15) is 0 Å². The molecule has 0 amide bonds. The third kappa shape index (κ3) is 5.07. The quantitative estimate of drug-likeness (QED) is 0.430. The van der Waals surface area contributed by atoms with Crippen LogP contribution in [-0.2, 0) is 6.42 Å². The molecule has 0 saturated heterocycles. The van der Waals surface area contributed by atoms with Crippen LogP contribution in [0.4, 0.5) is 0 Å². The van der Waals surface area contributed by atoms with Crippen LogP contribution in [0.25, 0.3) is 0 Å². The average Bonchev–Trinajstić information content (AvgIpc) is 2.59. The zero-order valence-corrected chi connectivity index (χ0v) is 15.4. The smallest absolute Gasteiger partial charge is 0.0873 e. The van der Waals surface area contributed by atoms with E-state index in [4.69, 9.17) is 0 Å². The van der Waals surface area contributed by atoms with Gasteiger partial charge in [0.25, 0.3) is 0 Å². The summed E-state index contributed by atoms with van der Waals surface area (Å²) < 4.78 is 0. The summed E-state index contributed by atoms with van der Waals surface area (Å²) in [4.78, 5) is 0. The van der Waals surface area contributed by atoms with Crippen molar-refractivity contribution < 1.29 is 0 Å². The molecule has 0 nitrogen and oxygen atoms in total. The van der Waals surface area contributed by atoms with Gasteiger partial charge in [-0.25, -0.2) is 0 Å². The van der Waals surface area contributed by atoms with E-state index in [1.165, 1.54) is 17.2 Å². The monoisotopic (exact) mass is 320 g/mol. The van der Waals surface area contributed by atoms with Gasteiger partial charge in [0.05, 0.1) is 8.07 Å². The molecule has 0 heterocycles. The summed E-state index contributed by atoms with van der Waals surface area (Å²) in [5.74, 6) is 0. The minimum atomic E-state index is -1.48. The van der Waals surface area contributed by atoms with E-state index in [9.17, 15) is 0 Å². The maximum atomic E-state index is 4.11. The van der Waals surface area contributed by atoms with Crippen LogP contribution < -0.4 is 5.19 Å². The summed E-state index contributed by atoms with van der Waals surface area (Å²) in [5.41, 5.74) is 1.99. The number of rotatable bonds is 8. The van der Waals surface area contributed by atoms with Crippen LogP contribution in [0.1, 0.15) is 18.4 Å². The Morgan fingerprint density at radius 2 is 1.52 bits per heavy atom. The van der Waals surface area contributed by atoms with E-state index in [0.29, 0.717) is 5.54 Å². The Kier molecular flexibility index (Phi) is 6.61. The fraction of sp³-hybridized carbons (Fsp3) is 0.273. The second kappa shape index (κ2) is 8.69. The molecule has 0 spiro atoms. The van der Waals surface area contributed by atoms with Crippen LogP contribution in [0.15, 0.2) is 85.5 Å². The highest BCUT2D eigenvalue weighted by molar-refractivity contribution is 6.91. The fourth-order valence-electron chi connectivity index (χ4n) is 3.08. The maximum absolute atomic E-state index is 4.11. The van der Waals surface area contributed by atoms with Crippen LogP contribution in [0, 0.1) is 0 Å². The van der Waals surface area contributed by atoms with Gasteiger partial charge in [-0.15, -0.1) is 6.58 Å². The highest BCUT2D eigenvalue weighted by Gasteiger charge is 2.30. The molecule has 0 fully saturated rings. The summed E-state index contributed by atoms with van der Waals surface area (Å²) >= 11 is 0. The predicted molar refractivity (Wildman–Crippen MR) is 106 cm³/mol. The molecule has 2 aromatic carbocycles. The lowest BCUT2D eigenvalue weighted by Gasteiger charge is -2.30. The Hall–Kier alpha value is -1.86. The summed E-state index contributed by atoms with van der Waals surface area (Å²) in [6, 6.07) is 21.6. The molecule has 0 radical (unpaired) electrons. The van der Waals surface area contributed by atoms with Gasteiger partial charge >= 0.3 is 0 Å². The number of hydrogen-bond donors (Lipinski definition) is 0. The maximum Gasteiger partial charge on any atom is 0.0873 e. The van der Waals surface area contributed by atoms with Gasteiger partial charge in [-0.3, -0.25) is 0 Å². The van der Waals surface area contributed by atoms with Crippen molar-refractivity contribution in [2.45, 2.75) is 37.9 Å². The van der Waals surface area contributed by atoms with Crippen LogP contribution in [0.3, 0.4) is 0 Å². The van der Waals surface area contributed by atoms with E-state index in [1.54, 1.807) is 0 Å². The van der Waals surface area contributed by atoms with E-state index < -0.39 is 8.07 Å². The third-order valence-corrected chi connectivity index (χ3v) is 8.94. The Labute approximate surface area is 142 Å². The van der Waals surface area contributed by atoms with Crippen molar-refractivity contribution in [1.29, 1.82) is 0 Å². The van der Waals surface area contributed by atoms with Gasteiger partial charge < -0.3 is 0 Å². The SMILES string of the molecule is C=CC(CC/C=C\Cc1ccccc1)[Si](C)(C)c1ccccc1. The second-order valence-electron chi connectivity index (χ2n) is 6.67. The molecule has 1 unspecified atom stereocenters. The molecular weight excluding hydrogens is 292 g/mol. The first-order chi connectivity index (χ1) is 11.1. The summed E-state index contributed by atoms with van der Waals surface area (Å²) in [6.07, 6.45) is 10.2. The van der Waals surface area contributed by atoms with Gasteiger partial charge in [0.1, 0.15) is 0 Å². The molecular formula is C22H28Si. The van der Waals surface area contributed by atoms with Crippen LogP contribution >= 0.6 is 0 Å². The van der Waals surface area contributed by atoms with Crippen LogP contribution in [-0.4, -0.2) is 8.07 Å². The minimum absolute atomic E-state index is 0.617. The van der Waals surface area contributed by atoms with E-state index in [2.05, 4.69) is 98.6 Å². The van der Waals surface area contributed by atoms with Crippen LogP contribution in [0.5, 0.6) is 0 Å². The molecule has 0 aliphatic carbocycles. The molecule has 0 aromatic heterocycles. The fourth-order valence-corrected chi connectivity index (χ4v) is 6.04. The van der Waals surface area contributed by atoms with Crippen molar-refractivity contribution in [3.63, 3.8) is 0 Å². The van der Waals surface area contributed by atoms with Gasteiger partial charge in [0.15, 0.2) is 0 Å². The first-order valence-electron chi connectivity index (χ1n) is 8.51. The van der Waals surface area contributed by atoms with E-state index in [1.807, 2.05) is 0 Å². The molecule has 2 aromatic rings. The molecule has 0 aliphatic rings. The van der Waals surface area contributed by atoms with Gasteiger partial charge in [0.2, 0.25) is 0 Å². The predicted octanol–water partition coefficient (Wildman–Crippen LogP) is 5.74. The highest BCUT2D eigenvalue weighted by atomic mass is 28.3. The lowest BCUT2D eigenvalue weighted by Crippen LogP contribution is -2.45. The van der Waals surface area contributed by atoms with E-state index in [0.717, 1.165) is 12.8 Å². The number of allylic oxidation sites excluding steroid dienone is 3. The summed E-state index contributed by atoms with van der Waals surface area (Å²) in [5, 5.41) is 1.53. The Morgan fingerprint density at radius 1 is 0.913 bits per heavy atom.